The fraction of sp³-hybridized carbons (Fsp3) is 0.435. The summed E-state index contributed by atoms with van der Waals surface area (Å²) in [5, 5.41) is 3.04. The molecule has 0 spiro atoms. The van der Waals surface area contributed by atoms with Crippen LogP contribution in [-0.4, -0.2) is 55.8 Å². The number of thioether (sulfide) groups is 1. The van der Waals surface area contributed by atoms with Gasteiger partial charge in [0.1, 0.15) is 5.82 Å². The van der Waals surface area contributed by atoms with Crippen molar-refractivity contribution in [3.8, 4) is 0 Å². The molecule has 0 atom stereocenters. The van der Waals surface area contributed by atoms with Gasteiger partial charge in [-0.05, 0) is 61.4 Å². The Morgan fingerprint density at radius 3 is 2.45 bits per heavy atom. The number of hydrogen-bond acceptors (Lipinski definition) is 4. The fourth-order valence-corrected chi connectivity index (χ4v) is 4.34. The van der Waals surface area contributed by atoms with Crippen LogP contribution >= 0.6 is 11.8 Å². The minimum atomic E-state index is -0.199. The van der Waals surface area contributed by atoms with E-state index in [1.165, 1.54) is 28.2 Å². The Labute approximate surface area is 177 Å². The maximum Gasteiger partial charge on any atom is 0.220 e. The van der Waals surface area contributed by atoms with Gasteiger partial charge in [0, 0.05) is 62.0 Å². The molecule has 1 amide bonds. The number of amides is 1. The van der Waals surface area contributed by atoms with Crippen molar-refractivity contribution in [2.75, 3.05) is 49.9 Å². The van der Waals surface area contributed by atoms with Crippen LogP contribution in [0.1, 0.15) is 17.5 Å². The van der Waals surface area contributed by atoms with E-state index < -0.39 is 0 Å². The highest BCUT2D eigenvalue weighted by Gasteiger charge is 2.17. The van der Waals surface area contributed by atoms with Crippen LogP contribution in [-0.2, 0) is 4.79 Å². The van der Waals surface area contributed by atoms with E-state index in [9.17, 15) is 9.18 Å². The zero-order valence-electron chi connectivity index (χ0n) is 17.3. The van der Waals surface area contributed by atoms with Crippen LogP contribution in [0.3, 0.4) is 0 Å². The maximum absolute atomic E-state index is 13.1. The van der Waals surface area contributed by atoms with Crippen LogP contribution in [0.25, 0.3) is 0 Å². The Kier molecular flexibility index (Phi) is 7.95. The van der Waals surface area contributed by atoms with Gasteiger partial charge in [-0.1, -0.05) is 6.07 Å². The molecule has 0 bridgehead atoms. The van der Waals surface area contributed by atoms with Crippen molar-refractivity contribution >= 4 is 23.4 Å². The van der Waals surface area contributed by atoms with Crippen molar-refractivity contribution in [1.82, 2.24) is 10.2 Å². The Morgan fingerprint density at radius 2 is 1.76 bits per heavy atom. The first-order valence-electron chi connectivity index (χ1n) is 10.2. The van der Waals surface area contributed by atoms with Crippen molar-refractivity contribution in [2.24, 2.45) is 0 Å². The molecule has 2 aromatic carbocycles. The summed E-state index contributed by atoms with van der Waals surface area (Å²) < 4.78 is 13.1. The predicted octanol–water partition coefficient (Wildman–Crippen LogP) is 3.86. The van der Waals surface area contributed by atoms with Gasteiger partial charge >= 0.3 is 0 Å². The average molecular weight is 416 g/mol. The summed E-state index contributed by atoms with van der Waals surface area (Å²) in [7, 11) is 0. The largest absolute Gasteiger partial charge is 0.369 e. The minimum absolute atomic E-state index is 0.117. The molecule has 1 aliphatic heterocycles. The van der Waals surface area contributed by atoms with Gasteiger partial charge in [-0.3, -0.25) is 9.69 Å². The normalized spacial score (nSPS) is 14.8. The number of benzene rings is 2. The van der Waals surface area contributed by atoms with Crippen molar-refractivity contribution in [1.29, 1.82) is 0 Å². The van der Waals surface area contributed by atoms with Gasteiger partial charge < -0.3 is 10.2 Å². The Morgan fingerprint density at radius 1 is 1.03 bits per heavy atom. The van der Waals surface area contributed by atoms with Crippen molar-refractivity contribution < 1.29 is 9.18 Å². The van der Waals surface area contributed by atoms with Gasteiger partial charge in [-0.15, -0.1) is 11.8 Å². The van der Waals surface area contributed by atoms with Crippen LogP contribution < -0.4 is 10.2 Å². The topological polar surface area (TPSA) is 35.6 Å². The molecule has 2 aromatic rings. The molecule has 29 heavy (non-hydrogen) atoms. The molecule has 0 saturated carbocycles. The summed E-state index contributed by atoms with van der Waals surface area (Å²) in [5.74, 6) is 0.715. The third-order valence-electron chi connectivity index (χ3n) is 5.39. The zero-order valence-corrected chi connectivity index (χ0v) is 18.1. The number of anilines is 1. The van der Waals surface area contributed by atoms with E-state index in [1.807, 2.05) is 12.1 Å². The van der Waals surface area contributed by atoms with E-state index in [0.29, 0.717) is 13.0 Å². The number of nitrogens with one attached hydrogen (secondary N) is 1. The minimum Gasteiger partial charge on any atom is -0.369 e. The molecule has 0 unspecified atom stereocenters. The Hall–Kier alpha value is -2.05. The molecular weight excluding hydrogens is 385 g/mol. The van der Waals surface area contributed by atoms with Gasteiger partial charge in [0.05, 0.1) is 0 Å². The van der Waals surface area contributed by atoms with Crippen LogP contribution in [0.4, 0.5) is 10.1 Å². The highest BCUT2D eigenvalue weighted by Crippen LogP contribution is 2.21. The monoisotopic (exact) mass is 415 g/mol. The van der Waals surface area contributed by atoms with Gasteiger partial charge in [0.2, 0.25) is 5.91 Å². The number of halogens is 1. The lowest BCUT2D eigenvalue weighted by Gasteiger charge is -2.36. The molecule has 6 heteroatoms. The van der Waals surface area contributed by atoms with Crippen LogP contribution in [0.15, 0.2) is 47.4 Å². The zero-order chi connectivity index (χ0) is 20.6. The van der Waals surface area contributed by atoms with E-state index >= 15 is 0 Å². The lowest BCUT2D eigenvalue weighted by molar-refractivity contribution is -0.120. The summed E-state index contributed by atoms with van der Waals surface area (Å²) >= 11 is 1.73. The first-order valence-corrected chi connectivity index (χ1v) is 11.2. The van der Waals surface area contributed by atoms with E-state index in [1.54, 1.807) is 11.8 Å². The fourth-order valence-electron chi connectivity index (χ4n) is 3.39. The van der Waals surface area contributed by atoms with Crippen LogP contribution in [0.5, 0.6) is 0 Å². The van der Waals surface area contributed by atoms with E-state index in [-0.39, 0.29) is 11.7 Å². The molecule has 0 aromatic heterocycles. The van der Waals surface area contributed by atoms with Crippen molar-refractivity contribution in [3.63, 3.8) is 0 Å². The maximum atomic E-state index is 13.1. The van der Waals surface area contributed by atoms with E-state index in [4.69, 9.17) is 0 Å². The lowest BCUT2D eigenvalue weighted by Crippen LogP contribution is -2.48. The number of carbonyl (C=O) groups is 1. The number of carbonyl (C=O) groups excluding carboxylic acids is 1. The summed E-state index contributed by atoms with van der Waals surface area (Å²) in [6.45, 7) is 9.53. The second-order valence-corrected chi connectivity index (χ2v) is 8.67. The first-order chi connectivity index (χ1) is 14.0. The molecule has 3 rings (SSSR count). The van der Waals surface area contributed by atoms with Gasteiger partial charge in [-0.25, -0.2) is 4.39 Å². The summed E-state index contributed by atoms with van der Waals surface area (Å²) in [6.07, 6.45) is 0.538. The Bertz CT molecular complexity index is 804. The summed E-state index contributed by atoms with van der Waals surface area (Å²) in [4.78, 5) is 17.9. The smallest absolute Gasteiger partial charge is 0.220 e. The van der Waals surface area contributed by atoms with Crippen molar-refractivity contribution in [3.05, 3.63) is 59.4 Å². The second-order valence-electron chi connectivity index (χ2n) is 7.50. The SMILES string of the molecule is Cc1ccc(SCCC(=O)NCCN2CCN(c3ccc(F)cc3)CC2)cc1C. The van der Waals surface area contributed by atoms with Crippen molar-refractivity contribution in [2.45, 2.75) is 25.2 Å². The summed E-state index contributed by atoms with van der Waals surface area (Å²) in [5.41, 5.74) is 3.66. The van der Waals surface area contributed by atoms with Crippen LogP contribution in [0, 0.1) is 19.7 Å². The second kappa shape index (κ2) is 10.6. The third kappa shape index (κ3) is 6.75. The molecule has 1 saturated heterocycles. The van der Waals surface area contributed by atoms with E-state index in [2.05, 4.69) is 47.2 Å². The van der Waals surface area contributed by atoms with Gasteiger partial charge in [-0.2, -0.15) is 0 Å². The number of piperazine rings is 1. The molecule has 1 aliphatic rings. The highest BCUT2D eigenvalue weighted by atomic mass is 32.2. The molecule has 1 fully saturated rings. The molecule has 1 heterocycles. The highest BCUT2D eigenvalue weighted by molar-refractivity contribution is 7.99. The number of nitrogens with zero attached hydrogens (tertiary/aromatic N) is 2. The predicted molar refractivity (Wildman–Crippen MR) is 119 cm³/mol. The number of aryl methyl sites for hydroxylation is 2. The molecule has 0 radical (unpaired) electrons. The number of rotatable bonds is 8. The quantitative estimate of drug-likeness (QED) is 0.664. The third-order valence-corrected chi connectivity index (χ3v) is 6.39. The van der Waals surface area contributed by atoms with Gasteiger partial charge in [0.15, 0.2) is 0 Å². The van der Waals surface area contributed by atoms with E-state index in [0.717, 1.165) is 44.2 Å². The molecule has 1 N–H and O–H groups in total. The summed E-state index contributed by atoms with van der Waals surface area (Å²) in [6, 6.07) is 13.1. The molecule has 0 aliphatic carbocycles. The molecular formula is C23H30FN3OS. The van der Waals surface area contributed by atoms with Crippen LogP contribution in [0.2, 0.25) is 0 Å². The molecule has 4 nitrogen and oxygen atoms in total. The Balaban J connectivity index is 1.28. The molecule has 156 valence electrons. The lowest BCUT2D eigenvalue weighted by atomic mass is 10.1. The van der Waals surface area contributed by atoms with Gasteiger partial charge in [0.25, 0.3) is 0 Å². The average Bonchev–Trinajstić information content (AvgIpc) is 2.72. The standard InChI is InChI=1S/C23H30FN3OS/c1-18-3-8-22(17-19(18)2)29-16-9-23(28)25-10-11-26-12-14-27(15-13-26)21-6-4-20(24)5-7-21/h3-8,17H,9-16H2,1-2H3,(H,25,28). The number of hydrogen-bond donors (Lipinski definition) is 1. The first kappa shape index (κ1) is 21.7.